The molecule has 5 nitrogen and oxygen atoms in total. The van der Waals surface area contributed by atoms with Gasteiger partial charge in [0.2, 0.25) is 0 Å². The predicted octanol–water partition coefficient (Wildman–Crippen LogP) is 3.40. The van der Waals surface area contributed by atoms with E-state index in [1.807, 2.05) is 27.7 Å². The average Bonchev–Trinajstić information content (AvgIpc) is 2.90. The van der Waals surface area contributed by atoms with E-state index in [9.17, 15) is 4.79 Å². The van der Waals surface area contributed by atoms with Crippen LogP contribution in [0.1, 0.15) is 48.6 Å². The number of carboxylic acids is 1. The maximum absolute atomic E-state index is 11.1. The Labute approximate surface area is 126 Å². The summed E-state index contributed by atoms with van der Waals surface area (Å²) in [5.41, 5.74) is 0.873. The van der Waals surface area contributed by atoms with E-state index in [2.05, 4.69) is 9.97 Å². The first kappa shape index (κ1) is 14.2. The molecule has 3 rings (SSSR count). The van der Waals surface area contributed by atoms with E-state index >= 15 is 0 Å². The average molecular weight is 304 g/mol. The summed E-state index contributed by atoms with van der Waals surface area (Å²) in [6.45, 7) is 8.02. The monoisotopic (exact) mass is 304 g/mol. The molecule has 2 aromatic rings. The maximum Gasteiger partial charge on any atom is 0.335 e. The first-order chi connectivity index (χ1) is 9.71. The molecule has 1 N–H and O–H groups in total. The summed E-state index contributed by atoms with van der Waals surface area (Å²) in [7, 11) is 0. The van der Waals surface area contributed by atoms with Crippen molar-refractivity contribution in [1.29, 1.82) is 0 Å². The van der Waals surface area contributed by atoms with Gasteiger partial charge in [0.25, 0.3) is 0 Å². The molecular weight excluding hydrogens is 288 g/mol. The van der Waals surface area contributed by atoms with Crippen LogP contribution in [0.15, 0.2) is 18.3 Å². The number of ether oxygens (including phenoxy) is 1. The van der Waals surface area contributed by atoms with Gasteiger partial charge < -0.3 is 9.84 Å². The molecule has 0 unspecified atom stereocenters. The molecule has 0 spiro atoms. The van der Waals surface area contributed by atoms with Crippen LogP contribution < -0.4 is 0 Å². The summed E-state index contributed by atoms with van der Waals surface area (Å²) in [5, 5.41) is 9.80. The van der Waals surface area contributed by atoms with E-state index in [0.717, 1.165) is 15.6 Å². The van der Waals surface area contributed by atoms with Gasteiger partial charge in [0, 0.05) is 6.20 Å². The number of aromatic nitrogens is 2. The van der Waals surface area contributed by atoms with Crippen molar-refractivity contribution >= 4 is 17.3 Å². The van der Waals surface area contributed by atoms with Gasteiger partial charge in [-0.15, -0.1) is 11.3 Å². The summed E-state index contributed by atoms with van der Waals surface area (Å²) in [5.74, 6) is -0.966. The van der Waals surface area contributed by atoms with Gasteiger partial charge in [-0.2, -0.15) is 0 Å². The number of rotatable bonds is 2. The molecule has 0 bridgehead atoms. The van der Waals surface area contributed by atoms with Crippen molar-refractivity contribution < 1.29 is 14.6 Å². The van der Waals surface area contributed by atoms with Gasteiger partial charge in [-0.05, 0) is 39.8 Å². The number of aromatic carboxylic acids is 1. The summed E-state index contributed by atoms with van der Waals surface area (Å²) in [4.78, 5) is 21.0. The molecule has 6 heteroatoms. The highest BCUT2D eigenvalue weighted by molar-refractivity contribution is 7.15. The molecule has 0 saturated heterocycles. The lowest BCUT2D eigenvalue weighted by Crippen LogP contribution is -2.23. The van der Waals surface area contributed by atoms with Crippen molar-refractivity contribution in [3.63, 3.8) is 0 Å². The molecule has 1 aliphatic rings. The van der Waals surface area contributed by atoms with Crippen molar-refractivity contribution in [3.05, 3.63) is 34.5 Å². The quantitative estimate of drug-likeness (QED) is 0.920. The third-order valence-corrected chi connectivity index (χ3v) is 4.86. The number of fused-ring (bicyclic) bond motifs is 1. The van der Waals surface area contributed by atoms with Crippen LogP contribution in [-0.4, -0.2) is 21.0 Å². The molecule has 0 saturated carbocycles. The second-order valence-corrected chi connectivity index (χ2v) is 7.05. The number of hydrogen-bond acceptors (Lipinski definition) is 5. The van der Waals surface area contributed by atoms with E-state index in [4.69, 9.17) is 9.84 Å². The van der Waals surface area contributed by atoms with Crippen LogP contribution in [0.25, 0.3) is 10.7 Å². The minimum absolute atomic E-state index is 0.213. The number of thiazole rings is 1. The third kappa shape index (κ3) is 2.24. The minimum Gasteiger partial charge on any atom is -0.478 e. The number of hydrogen-bond donors (Lipinski definition) is 1. The lowest BCUT2D eigenvalue weighted by atomic mass is 10.0. The highest BCUT2D eigenvalue weighted by atomic mass is 32.1. The van der Waals surface area contributed by atoms with Crippen LogP contribution in [-0.2, 0) is 15.9 Å². The standard InChI is InChI=1S/C15H16N2O3S/c1-14(2)10-11(15(3,4)20-14)21-12(17-10)9-7-8(13(18)19)5-6-16-9/h5-7H,1-4H3,(H,18,19). The van der Waals surface area contributed by atoms with Crippen molar-refractivity contribution in [3.8, 4) is 10.7 Å². The topological polar surface area (TPSA) is 72.3 Å². The van der Waals surface area contributed by atoms with Crippen LogP contribution >= 0.6 is 11.3 Å². The Morgan fingerprint density at radius 1 is 1.29 bits per heavy atom. The first-order valence-corrected chi connectivity index (χ1v) is 7.44. The highest BCUT2D eigenvalue weighted by Gasteiger charge is 2.46. The van der Waals surface area contributed by atoms with Crippen molar-refractivity contribution in [1.82, 2.24) is 9.97 Å². The van der Waals surface area contributed by atoms with E-state index in [-0.39, 0.29) is 11.2 Å². The van der Waals surface area contributed by atoms with Crippen LogP contribution in [0.3, 0.4) is 0 Å². The summed E-state index contributed by atoms with van der Waals surface area (Å²) >= 11 is 1.51. The van der Waals surface area contributed by atoms with Gasteiger partial charge in [0.1, 0.15) is 10.6 Å². The Bertz CT molecular complexity index is 703. The second-order valence-electron chi connectivity index (χ2n) is 6.05. The van der Waals surface area contributed by atoms with Gasteiger partial charge in [0.15, 0.2) is 0 Å². The van der Waals surface area contributed by atoms with E-state index < -0.39 is 11.6 Å². The van der Waals surface area contributed by atoms with Crippen LogP contribution in [0.4, 0.5) is 0 Å². The van der Waals surface area contributed by atoms with Crippen molar-refractivity contribution in [2.75, 3.05) is 0 Å². The molecule has 21 heavy (non-hydrogen) atoms. The molecule has 2 aromatic heterocycles. The lowest BCUT2D eigenvalue weighted by molar-refractivity contribution is -0.105. The van der Waals surface area contributed by atoms with E-state index in [0.29, 0.717) is 5.69 Å². The molecule has 0 aromatic carbocycles. The fraction of sp³-hybridized carbons (Fsp3) is 0.400. The smallest absolute Gasteiger partial charge is 0.335 e. The zero-order valence-electron chi connectivity index (χ0n) is 12.3. The molecule has 0 atom stereocenters. The van der Waals surface area contributed by atoms with Crippen LogP contribution in [0.5, 0.6) is 0 Å². The molecule has 0 radical (unpaired) electrons. The zero-order chi connectivity index (χ0) is 15.4. The fourth-order valence-corrected chi connectivity index (χ4v) is 3.88. The van der Waals surface area contributed by atoms with Crippen molar-refractivity contribution in [2.24, 2.45) is 0 Å². The Balaban J connectivity index is 2.11. The Morgan fingerprint density at radius 3 is 2.62 bits per heavy atom. The van der Waals surface area contributed by atoms with Gasteiger partial charge in [0.05, 0.1) is 27.4 Å². The SMILES string of the molecule is CC1(C)OC(C)(C)c2sc(-c3cc(C(=O)O)ccn3)nc21. The molecule has 3 heterocycles. The molecule has 1 aliphatic heterocycles. The van der Waals surface area contributed by atoms with E-state index in [1.54, 1.807) is 6.07 Å². The van der Waals surface area contributed by atoms with Gasteiger partial charge in [-0.3, -0.25) is 4.98 Å². The molecule has 0 fully saturated rings. The molecule has 0 aliphatic carbocycles. The second kappa shape index (κ2) is 4.35. The van der Waals surface area contributed by atoms with Gasteiger partial charge >= 0.3 is 5.97 Å². The minimum atomic E-state index is -0.966. The fourth-order valence-electron chi connectivity index (χ4n) is 2.66. The summed E-state index contributed by atoms with van der Waals surface area (Å²) in [6.07, 6.45) is 1.50. The zero-order valence-corrected chi connectivity index (χ0v) is 13.1. The Morgan fingerprint density at radius 2 is 2.00 bits per heavy atom. The number of carbonyl (C=O) groups is 1. The van der Waals surface area contributed by atoms with Crippen LogP contribution in [0.2, 0.25) is 0 Å². The number of carboxylic acid groups (broad SMARTS) is 1. The molecule has 0 amide bonds. The predicted molar refractivity (Wildman–Crippen MR) is 79.4 cm³/mol. The maximum atomic E-state index is 11.1. The number of pyridine rings is 1. The number of nitrogens with zero attached hydrogens (tertiary/aromatic N) is 2. The first-order valence-electron chi connectivity index (χ1n) is 6.62. The van der Waals surface area contributed by atoms with Gasteiger partial charge in [-0.25, -0.2) is 9.78 Å². The van der Waals surface area contributed by atoms with Crippen LogP contribution in [0, 0.1) is 0 Å². The normalized spacial score (nSPS) is 18.5. The third-order valence-electron chi connectivity index (χ3n) is 3.48. The largest absolute Gasteiger partial charge is 0.478 e. The van der Waals surface area contributed by atoms with E-state index in [1.165, 1.54) is 23.6 Å². The van der Waals surface area contributed by atoms with Crippen molar-refractivity contribution in [2.45, 2.75) is 38.9 Å². The molecule has 110 valence electrons. The lowest BCUT2D eigenvalue weighted by Gasteiger charge is -2.24. The van der Waals surface area contributed by atoms with Gasteiger partial charge in [-0.1, -0.05) is 0 Å². The highest BCUT2D eigenvalue weighted by Crippen LogP contribution is 2.50. The summed E-state index contributed by atoms with van der Waals surface area (Å²) in [6, 6.07) is 3.03. The molecular formula is C15H16N2O3S. The Kier molecular flexibility index (Phi) is 2.93. The summed E-state index contributed by atoms with van der Waals surface area (Å²) < 4.78 is 6.03. The Hall–Kier alpha value is -1.79.